The Bertz CT molecular complexity index is 1050. The number of nitrogens with zero attached hydrogens (tertiary/aromatic N) is 2. The summed E-state index contributed by atoms with van der Waals surface area (Å²) in [6.45, 7) is 1.56. The summed E-state index contributed by atoms with van der Waals surface area (Å²) in [4.78, 5) is 50.3. The van der Waals surface area contributed by atoms with Gasteiger partial charge in [-0.25, -0.2) is 9.59 Å². The summed E-state index contributed by atoms with van der Waals surface area (Å²) in [6, 6.07) is 1.82. The summed E-state index contributed by atoms with van der Waals surface area (Å²) in [5.74, 6) is -1.01. The molecule has 8 nitrogen and oxygen atoms in total. The highest BCUT2D eigenvalue weighted by molar-refractivity contribution is 7.14. The van der Waals surface area contributed by atoms with Crippen LogP contribution in [0.4, 0.5) is 5.82 Å². The molecule has 3 rings (SSSR count). The minimum absolute atomic E-state index is 0.246. The Kier molecular flexibility index (Phi) is 5.05. The smallest absolute Gasteiger partial charge is 0.348 e. The van der Waals surface area contributed by atoms with Crippen LogP contribution in [0.5, 0.6) is 0 Å². The van der Waals surface area contributed by atoms with Crippen molar-refractivity contribution < 1.29 is 14.3 Å². The molecule has 0 aromatic carbocycles. The van der Waals surface area contributed by atoms with Gasteiger partial charge in [0.25, 0.3) is 5.56 Å². The van der Waals surface area contributed by atoms with Crippen molar-refractivity contribution in [2.45, 2.75) is 26.2 Å². The average molecular weight is 391 g/mol. The normalized spacial score (nSPS) is 16.0. The van der Waals surface area contributed by atoms with E-state index in [-0.39, 0.29) is 11.4 Å². The first kappa shape index (κ1) is 19.1. The first-order valence-corrected chi connectivity index (χ1v) is 9.39. The van der Waals surface area contributed by atoms with E-state index in [4.69, 9.17) is 10.5 Å². The third kappa shape index (κ3) is 3.46. The number of fused-ring (bicyclic) bond motifs is 1. The van der Waals surface area contributed by atoms with E-state index in [1.54, 1.807) is 0 Å². The molecule has 144 valence electrons. The lowest BCUT2D eigenvalue weighted by molar-refractivity contribution is 0.0479. The van der Waals surface area contributed by atoms with Gasteiger partial charge in [-0.05, 0) is 36.8 Å². The molecular weight excluding hydrogens is 370 g/mol. The Balaban J connectivity index is 1.76. The third-order valence-corrected chi connectivity index (χ3v) is 6.07. The van der Waals surface area contributed by atoms with Gasteiger partial charge >= 0.3 is 11.7 Å². The van der Waals surface area contributed by atoms with Gasteiger partial charge in [0.1, 0.15) is 16.3 Å². The van der Waals surface area contributed by atoms with Crippen LogP contribution < -0.4 is 17.0 Å². The molecule has 1 aliphatic rings. The number of carbonyl (C=O) groups is 2. The highest BCUT2D eigenvalue weighted by Gasteiger charge is 2.24. The highest BCUT2D eigenvalue weighted by atomic mass is 32.1. The molecule has 0 aliphatic heterocycles. The SMILES string of the molecule is CC1CCc2sc(C(=O)OCC(=O)c3c(N)n(C)c(=O)n(C)c3=O)cc2C1. The highest BCUT2D eigenvalue weighted by Crippen LogP contribution is 2.32. The summed E-state index contributed by atoms with van der Waals surface area (Å²) in [5, 5.41) is 0. The Morgan fingerprint density at radius 2 is 2.00 bits per heavy atom. The number of hydrogen-bond acceptors (Lipinski definition) is 7. The van der Waals surface area contributed by atoms with Crippen molar-refractivity contribution in [2.24, 2.45) is 20.0 Å². The van der Waals surface area contributed by atoms with Crippen LogP contribution in [-0.2, 0) is 31.7 Å². The van der Waals surface area contributed by atoms with Crippen LogP contribution in [-0.4, -0.2) is 27.5 Å². The number of nitrogens with two attached hydrogens (primary N) is 1. The Morgan fingerprint density at radius 1 is 1.30 bits per heavy atom. The van der Waals surface area contributed by atoms with E-state index in [0.29, 0.717) is 10.8 Å². The van der Waals surface area contributed by atoms with E-state index in [1.165, 1.54) is 30.3 Å². The van der Waals surface area contributed by atoms with Gasteiger partial charge in [0.15, 0.2) is 6.61 Å². The standard InChI is InChI=1S/C18H21N3O5S/c1-9-4-5-12-10(6-9)7-13(27-12)17(24)26-8-11(22)14-15(19)20(2)18(25)21(3)16(14)23/h7,9H,4-6,8,19H2,1-3H3. The van der Waals surface area contributed by atoms with Crippen molar-refractivity contribution in [3.05, 3.63) is 47.8 Å². The number of nitrogen functional groups attached to an aromatic ring is 1. The van der Waals surface area contributed by atoms with Gasteiger partial charge in [0.2, 0.25) is 5.78 Å². The number of anilines is 1. The maximum absolute atomic E-state index is 12.4. The number of ether oxygens (including phenoxy) is 1. The monoisotopic (exact) mass is 391 g/mol. The molecule has 0 fully saturated rings. The van der Waals surface area contributed by atoms with E-state index >= 15 is 0 Å². The van der Waals surface area contributed by atoms with Crippen LogP contribution >= 0.6 is 11.3 Å². The molecule has 2 aromatic rings. The molecule has 0 spiro atoms. The second-order valence-corrected chi connectivity index (χ2v) is 8.01. The predicted octanol–water partition coefficient (Wildman–Crippen LogP) is 0.892. The number of thiophene rings is 1. The molecule has 9 heteroatoms. The molecule has 2 heterocycles. The van der Waals surface area contributed by atoms with Crippen LogP contribution in [0.2, 0.25) is 0 Å². The van der Waals surface area contributed by atoms with Crippen molar-refractivity contribution in [3.63, 3.8) is 0 Å². The Labute approximate surface area is 159 Å². The van der Waals surface area contributed by atoms with Gasteiger partial charge in [-0.1, -0.05) is 6.92 Å². The van der Waals surface area contributed by atoms with Crippen molar-refractivity contribution in [1.29, 1.82) is 0 Å². The minimum atomic E-state index is -0.808. The first-order valence-electron chi connectivity index (χ1n) is 8.58. The molecular formula is C18H21N3O5S. The maximum Gasteiger partial charge on any atom is 0.348 e. The summed E-state index contributed by atoms with van der Waals surface area (Å²) in [5.41, 5.74) is 5.10. The molecule has 0 amide bonds. The molecule has 0 radical (unpaired) electrons. The van der Waals surface area contributed by atoms with E-state index < -0.39 is 29.6 Å². The van der Waals surface area contributed by atoms with Gasteiger partial charge < -0.3 is 10.5 Å². The number of hydrogen-bond donors (Lipinski definition) is 1. The van der Waals surface area contributed by atoms with Gasteiger partial charge in [-0.2, -0.15) is 0 Å². The van der Waals surface area contributed by atoms with Crippen LogP contribution in [0.25, 0.3) is 0 Å². The van der Waals surface area contributed by atoms with E-state index in [1.807, 2.05) is 6.07 Å². The van der Waals surface area contributed by atoms with Crippen molar-refractivity contribution in [1.82, 2.24) is 9.13 Å². The molecule has 0 bridgehead atoms. The fourth-order valence-electron chi connectivity index (χ4n) is 3.20. The Hall–Kier alpha value is -2.68. The zero-order valence-corrected chi connectivity index (χ0v) is 16.2. The molecule has 0 saturated carbocycles. The lowest BCUT2D eigenvalue weighted by Gasteiger charge is -2.16. The molecule has 2 N–H and O–H groups in total. The van der Waals surface area contributed by atoms with Crippen molar-refractivity contribution in [2.75, 3.05) is 12.3 Å². The topological polar surface area (TPSA) is 113 Å². The summed E-state index contributed by atoms with van der Waals surface area (Å²) in [6.07, 6.45) is 2.97. The fraction of sp³-hybridized carbons (Fsp3) is 0.444. The summed E-state index contributed by atoms with van der Waals surface area (Å²) < 4.78 is 6.90. The van der Waals surface area contributed by atoms with Crippen molar-refractivity contribution >= 4 is 28.9 Å². The molecule has 1 aliphatic carbocycles. The molecule has 2 aromatic heterocycles. The van der Waals surface area contributed by atoms with Gasteiger partial charge in [-0.15, -0.1) is 11.3 Å². The number of Topliss-reactive ketones (excluding diaryl/α,β-unsaturated/α-hetero) is 1. The largest absolute Gasteiger partial charge is 0.453 e. The third-order valence-electron chi connectivity index (χ3n) is 4.85. The van der Waals surface area contributed by atoms with E-state index in [0.717, 1.165) is 34.0 Å². The number of esters is 1. The van der Waals surface area contributed by atoms with Crippen LogP contribution in [0.15, 0.2) is 15.7 Å². The summed E-state index contributed by atoms with van der Waals surface area (Å²) >= 11 is 1.38. The second kappa shape index (κ2) is 7.15. The van der Waals surface area contributed by atoms with Gasteiger partial charge in [0, 0.05) is 19.0 Å². The van der Waals surface area contributed by atoms with Gasteiger partial charge in [0.05, 0.1) is 0 Å². The lowest BCUT2D eigenvalue weighted by Crippen LogP contribution is -2.42. The van der Waals surface area contributed by atoms with E-state index in [2.05, 4.69) is 6.92 Å². The average Bonchev–Trinajstić information content (AvgIpc) is 3.06. The summed E-state index contributed by atoms with van der Waals surface area (Å²) in [7, 11) is 2.61. The van der Waals surface area contributed by atoms with E-state index in [9.17, 15) is 19.2 Å². The first-order chi connectivity index (χ1) is 12.7. The zero-order chi connectivity index (χ0) is 19.9. The second-order valence-electron chi connectivity index (χ2n) is 6.87. The van der Waals surface area contributed by atoms with Crippen LogP contribution in [0.3, 0.4) is 0 Å². The van der Waals surface area contributed by atoms with Crippen LogP contribution in [0, 0.1) is 5.92 Å². The Morgan fingerprint density at radius 3 is 2.70 bits per heavy atom. The van der Waals surface area contributed by atoms with Crippen molar-refractivity contribution in [3.8, 4) is 0 Å². The number of aryl methyl sites for hydroxylation is 1. The molecule has 1 unspecified atom stereocenters. The van der Waals surface area contributed by atoms with Crippen LogP contribution in [0.1, 0.15) is 43.8 Å². The quantitative estimate of drug-likeness (QED) is 0.612. The number of aromatic nitrogens is 2. The molecule has 0 saturated heterocycles. The lowest BCUT2D eigenvalue weighted by atomic mass is 9.90. The number of ketones is 1. The van der Waals surface area contributed by atoms with Gasteiger partial charge in [-0.3, -0.25) is 18.7 Å². The molecule has 1 atom stereocenters. The number of carbonyl (C=O) groups excluding carboxylic acids is 2. The zero-order valence-electron chi connectivity index (χ0n) is 15.4. The molecule has 27 heavy (non-hydrogen) atoms. The predicted molar refractivity (Wildman–Crippen MR) is 101 cm³/mol. The maximum atomic E-state index is 12.4. The fourth-order valence-corrected chi connectivity index (χ4v) is 4.30. The minimum Gasteiger partial charge on any atom is -0.453 e. The number of rotatable bonds is 4.